The summed E-state index contributed by atoms with van der Waals surface area (Å²) in [5.74, 6) is 0.443. The zero-order valence-electron chi connectivity index (χ0n) is 10.6. The van der Waals surface area contributed by atoms with Gasteiger partial charge in [-0.15, -0.1) is 0 Å². The quantitative estimate of drug-likeness (QED) is 0.826. The predicted octanol–water partition coefficient (Wildman–Crippen LogP) is 0.785. The molecule has 0 amide bonds. The second kappa shape index (κ2) is 4.14. The van der Waals surface area contributed by atoms with Gasteiger partial charge in [0.05, 0.1) is 5.60 Å². The molecule has 0 bridgehead atoms. The minimum atomic E-state index is -0.716. The fraction of sp³-hybridized carbons (Fsp3) is 0.667. The van der Waals surface area contributed by atoms with Gasteiger partial charge in [0, 0.05) is 31.5 Å². The Morgan fingerprint density at radius 3 is 2.76 bits per heavy atom. The molecule has 1 aliphatic heterocycles. The minimum Gasteiger partial charge on any atom is -0.388 e. The lowest BCUT2D eigenvalue weighted by Gasteiger charge is -2.20. The summed E-state index contributed by atoms with van der Waals surface area (Å²) in [6, 6.07) is 0.118. The Labute approximate surface area is 101 Å². The third-order valence-corrected chi connectivity index (χ3v) is 3.16. The zero-order valence-corrected chi connectivity index (χ0v) is 10.6. The van der Waals surface area contributed by atoms with Crippen molar-refractivity contribution in [2.24, 2.45) is 0 Å². The van der Waals surface area contributed by atoms with Crippen molar-refractivity contribution in [3.8, 4) is 0 Å². The highest BCUT2D eigenvalue weighted by Gasteiger charge is 2.33. The lowest BCUT2D eigenvalue weighted by Crippen LogP contribution is -2.35. The molecule has 0 aromatic carbocycles. The van der Waals surface area contributed by atoms with Crippen LogP contribution >= 0.6 is 0 Å². The molecule has 1 aromatic rings. The molecular weight excluding hydrogens is 218 g/mol. The molecule has 2 heterocycles. The van der Waals surface area contributed by atoms with Crippen molar-refractivity contribution in [3.05, 3.63) is 22.7 Å². The normalized spacial score (nSPS) is 24.6. The molecule has 94 valence electrons. The molecule has 1 unspecified atom stereocenters. The standard InChI is InChI=1S/C12H19N3O2/c1-9(2)15-7-5-13-10(11(15)16)14-6-4-12(3,17)8-14/h5,7,9,17H,4,6,8H2,1-3H3. The fourth-order valence-electron chi connectivity index (χ4n) is 2.16. The summed E-state index contributed by atoms with van der Waals surface area (Å²) in [6.45, 7) is 6.86. The van der Waals surface area contributed by atoms with E-state index in [1.54, 1.807) is 23.9 Å². The van der Waals surface area contributed by atoms with E-state index in [0.29, 0.717) is 25.3 Å². The Morgan fingerprint density at radius 1 is 1.53 bits per heavy atom. The number of aromatic nitrogens is 2. The first-order valence-electron chi connectivity index (χ1n) is 5.95. The summed E-state index contributed by atoms with van der Waals surface area (Å²) in [7, 11) is 0. The van der Waals surface area contributed by atoms with E-state index < -0.39 is 5.60 Å². The molecular formula is C12H19N3O2. The second-order valence-corrected chi connectivity index (χ2v) is 5.23. The van der Waals surface area contributed by atoms with Gasteiger partial charge in [-0.05, 0) is 27.2 Å². The van der Waals surface area contributed by atoms with Gasteiger partial charge in [0.25, 0.3) is 5.56 Å². The molecule has 1 fully saturated rings. The summed E-state index contributed by atoms with van der Waals surface area (Å²) in [6.07, 6.45) is 4.01. The summed E-state index contributed by atoms with van der Waals surface area (Å²) < 4.78 is 1.66. The number of nitrogens with zero attached hydrogens (tertiary/aromatic N) is 3. The van der Waals surface area contributed by atoms with Gasteiger partial charge in [-0.3, -0.25) is 4.79 Å². The lowest BCUT2D eigenvalue weighted by molar-refractivity contribution is 0.0839. The van der Waals surface area contributed by atoms with Crippen LogP contribution in [-0.4, -0.2) is 33.3 Å². The van der Waals surface area contributed by atoms with Gasteiger partial charge in [-0.1, -0.05) is 0 Å². The third-order valence-electron chi connectivity index (χ3n) is 3.16. The van der Waals surface area contributed by atoms with E-state index in [2.05, 4.69) is 4.98 Å². The number of hydrogen-bond acceptors (Lipinski definition) is 4. The molecule has 0 radical (unpaired) electrons. The first-order chi connectivity index (χ1) is 7.91. The first kappa shape index (κ1) is 12.1. The second-order valence-electron chi connectivity index (χ2n) is 5.23. The van der Waals surface area contributed by atoms with Crippen molar-refractivity contribution in [1.29, 1.82) is 0 Å². The van der Waals surface area contributed by atoms with E-state index in [1.807, 2.05) is 18.7 Å². The van der Waals surface area contributed by atoms with Crippen LogP contribution in [0.1, 0.15) is 33.2 Å². The monoisotopic (exact) mass is 237 g/mol. The van der Waals surface area contributed by atoms with Crippen molar-refractivity contribution >= 4 is 5.82 Å². The largest absolute Gasteiger partial charge is 0.388 e. The van der Waals surface area contributed by atoms with E-state index in [0.717, 1.165) is 0 Å². The molecule has 1 aliphatic rings. The van der Waals surface area contributed by atoms with Gasteiger partial charge in [0.2, 0.25) is 0 Å². The number of anilines is 1. The topological polar surface area (TPSA) is 58.4 Å². The summed E-state index contributed by atoms with van der Waals surface area (Å²) in [5.41, 5.74) is -0.799. The molecule has 17 heavy (non-hydrogen) atoms. The first-order valence-corrected chi connectivity index (χ1v) is 5.95. The smallest absolute Gasteiger partial charge is 0.293 e. The van der Waals surface area contributed by atoms with E-state index in [4.69, 9.17) is 0 Å². The molecule has 1 saturated heterocycles. The highest BCUT2D eigenvalue weighted by atomic mass is 16.3. The van der Waals surface area contributed by atoms with Gasteiger partial charge >= 0.3 is 0 Å². The summed E-state index contributed by atoms with van der Waals surface area (Å²) in [4.78, 5) is 18.2. The molecule has 1 N–H and O–H groups in total. The van der Waals surface area contributed by atoms with Gasteiger partial charge in [-0.2, -0.15) is 0 Å². The summed E-state index contributed by atoms with van der Waals surface area (Å²) in [5, 5.41) is 9.92. The molecule has 0 aliphatic carbocycles. The Bertz CT molecular complexity index is 465. The maximum Gasteiger partial charge on any atom is 0.293 e. The average Bonchev–Trinajstić information content (AvgIpc) is 2.58. The zero-order chi connectivity index (χ0) is 12.6. The van der Waals surface area contributed by atoms with Gasteiger partial charge in [0.15, 0.2) is 5.82 Å². The van der Waals surface area contributed by atoms with Crippen LogP contribution in [-0.2, 0) is 0 Å². The van der Waals surface area contributed by atoms with E-state index in [9.17, 15) is 9.90 Å². The van der Waals surface area contributed by atoms with E-state index in [-0.39, 0.29) is 11.6 Å². The van der Waals surface area contributed by atoms with Crippen LogP contribution < -0.4 is 10.5 Å². The highest BCUT2D eigenvalue weighted by Crippen LogP contribution is 2.22. The van der Waals surface area contributed by atoms with Crippen LogP contribution in [0.15, 0.2) is 17.2 Å². The Balaban J connectivity index is 2.35. The molecule has 1 aromatic heterocycles. The van der Waals surface area contributed by atoms with Gasteiger partial charge in [-0.25, -0.2) is 4.98 Å². The lowest BCUT2D eigenvalue weighted by atomic mass is 10.1. The number of hydrogen-bond donors (Lipinski definition) is 1. The Kier molecular flexibility index (Phi) is 2.95. The van der Waals surface area contributed by atoms with Crippen molar-refractivity contribution in [3.63, 3.8) is 0 Å². The third kappa shape index (κ3) is 2.34. The SMILES string of the molecule is CC(C)n1ccnc(N2CCC(C)(O)C2)c1=O. The van der Waals surface area contributed by atoms with E-state index >= 15 is 0 Å². The van der Waals surface area contributed by atoms with Crippen LogP contribution in [0.4, 0.5) is 5.82 Å². The molecule has 5 nitrogen and oxygen atoms in total. The van der Waals surface area contributed by atoms with Crippen LogP contribution in [0.25, 0.3) is 0 Å². The van der Waals surface area contributed by atoms with Crippen molar-refractivity contribution in [1.82, 2.24) is 9.55 Å². The fourth-order valence-corrected chi connectivity index (χ4v) is 2.16. The highest BCUT2D eigenvalue weighted by molar-refractivity contribution is 5.38. The molecule has 2 rings (SSSR count). The van der Waals surface area contributed by atoms with Gasteiger partial charge in [0.1, 0.15) is 0 Å². The number of β-amino-alcohol motifs (C(OH)–C–C–N with tert-alkyl or cyclic N) is 1. The van der Waals surface area contributed by atoms with Crippen LogP contribution in [0.2, 0.25) is 0 Å². The molecule has 0 saturated carbocycles. The minimum absolute atomic E-state index is 0.0831. The van der Waals surface area contributed by atoms with Crippen molar-refractivity contribution in [2.75, 3.05) is 18.0 Å². The summed E-state index contributed by atoms with van der Waals surface area (Å²) >= 11 is 0. The van der Waals surface area contributed by atoms with Crippen LogP contribution in [0, 0.1) is 0 Å². The molecule has 1 atom stereocenters. The number of rotatable bonds is 2. The Hall–Kier alpha value is -1.36. The van der Waals surface area contributed by atoms with Crippen LogP contribution in [0.5, 0.6) is 0 Å². The predicted molar refractivity (Wildman–Crippen MR) is 66.3 cm³/mol. The van der Waals surface area contributed by atoms with Crippen molar-refractivity contribution in [2.45, 2.75) is 38.8 Å². The van der Waals surface area contributed by atoms with Crippen LogP contribution in [0.3, 0.4) is 0 Å². The number of aliphatic hydroxyl groups is 1. The maximum absolute atomic E-state index is 12.2. The Morgan fingerprint density at radius 2 is 2.24 bits per heavy atom. The average molecular weight is 237 g/mol. The maximum atomic E-state index is 12.2. The van der Waals surface area contributed by atoms with Gasteiger partial charge < -0.3 is 14.6 Å². The molecule has 0 spiro atoms. The van der Waals surface area contributed by atoms with E-state index in [1.165, 1.54) is 0 Å². The molecule has 5 heteroatoms. The van der Waals surface area contributed by atoms with Crippen molar-refractivity contribution < 1.29 is 5.11 Å².